The van der Waals surface area contributed by atoms with Crippen molar-refractivity contribution in [2.45, 2.75) is 25.3 Å². The third kappa shape index (κ3) is 6.56. The Morgan fingerprint density at radius 3 is 2.03 bits per heavy atom. The van der Waals surface area contributed by atoms with Crippen LogP contribution in [0.4, 0.5) is 0 Å². The van der Waals surface area contributed by atoms with E-state index in [0.29, 0.717) is 37.5 Å². The number of amides is 1. The fourth-order valence-corrected chi connectivity index (χ4v) is 4.67. The lowest BCUT2D eigenvalue weighted by molar-refractivity contribution is -0.145. The zero-order valence-corrected chi connectivity index (χ0v) is 22.2. The second kappa shape index (κ2) is 13.4. The number of ether oxygens (including phenoxy) is 3. The van der Waals surface area contributed by atoms with Crippen LogP contribution in [0.15, 0.2) is 85.5 Å². The van der Waals surface area contributed by atoms with Gasteiger partial charge in [0.05, 0.1) is 7.11 Å². The molecule has 4 aromatic carbocycles. The van der Waals surface area contributed by atoms with Gasteiger partial charge in [0.1, 0.15) is 24.1 Å². The predicted molar refractivity (Wildman–Crippen MR) is 155 cm³/mol. The number of rotatable bonds is 13. The number of nitrogens with one attached hydrogen (secondary N) is 1. The lowest BCUT2D eigenvalue weighted by atomic mass is 9.92. The molecule has 0 aliphatic rings. The van der Waals surface area contributed by atoms with Crippen LogP contribution >= 0.6 is 0 Å². The van der Waals surface area contributed by atoms with Crippen LogP contribution in [-0.2, 0) is 14.3 Å². The van der Waals surface area contributed by atoms with E-state index in [1.54, 1.807) is 6.08 Å². The number of carbonyl (C=O) groups excluding carboxylic acids is 2. The largest absolute Gasteiger partial charge is 0.489 e. The second-order valence-corrected chi connectivity index (χ2v) is 9.14. The van der Waals surface area contributed by atoms with Gasteiger partial charge in [-0.3, -0.25) is 4.79 Å². The van der Waals surface area contributed by atoms with E-state index in [-0.39, 0.29) is 6.61 Å². The Morgan fingerprint density at radius 2 is 1.46 bits per heavy atom. The zero-order chi connectivity index (χ0) is 27.6. The minimum atomic E-state index is -0.759. The molecular weight excluding hydrogens is 492 g/mol. The molecule has 1 atom stereocenters. The molecule has 0 aliphatic heterocycles. The first-order chi connectivity index (χ1) is 19.1. The van der Waals surface area contributed by atoms with Crippen LogP contribution in [0.2, 0.25) is 0 Å². The lowest BCUT2D eigenvalue weighted by Crippen LogP contribution is -2.43. The summed E-state index contributed by atoms with van der Waals surface area (Å²) in [5, 5.41) is 6.78. The Kier molecular flexibility index (Phi) is 9.53. The molecule has 0 heterocycles. The van der Waals surface area contributed by atoms with Crippen molar-refractivity contribution < 1.29 is 23.8 Å². The highest BCUT2D eigenvalue weighted by Crippen LogP contribution is 2.45. The summed E-state index contributed by atoms with van der Waals surface area (Å²) >= 11 is 0. The van der Waals surface area contributed by atoms with Crippen molar-refractivity contribution in [3.63, 3.8) is 0 Å². The SMILES string of the molecule is C=CCOc1ccc2ccccc2c1-c1c(OCC(=O)N[C@H](CCCCN)C(=O)OC)ccc2ccccc12. The monoisotopic (exact) mass is 526 g/mol. The van der Waals surface area contributed by atoms with Gasteiger partial charge in [0.15, 0.2) is 6.61 Å². The zero-order valence-electron chi connectivity index (χ0n) is 22.2. The first-order valence-electron chi connectivity index (χ1n) is 13.0. The van der Waals surface area contributed by atoms with Crippen LogP contribution in [-0.4, -0.2) is 44.8 Å². The number of fused-ring (bicyclic) bond motifs is 2. The molecule has 202 valence electrons. The van der Waals surface area contributed by atoms with Crippen molar-refractivity contribution in [1.82, 2.24) is 5.32 Å². The number of hydrogen-bond donors (Lipinski definition) is 2. The van der Waals surface area contributed by atoms with E-state index in [2.05, 4.69) is 11.9 Å². The van der Waals surface area contributed by atoms with E-state index >= 15 is 0 Å². The Balaban J connectivity index is 1.72. The minimum Gasteiger partial charge on any atom is -0.489 e. The Morgan fingerprint density at radius 1 is 0.872 bits per heavy atom. The van der Waals surface area contributed by atoms with Crippen molar-refractivity contribution in [2.75, 3.05) is 26.9 Å². The highest BCUT2D eigenvalue weighted by atomic mass is 16.5. The molecule has 0 radical (unpaired) electrons. The molecule has 0 bridgehead atoms. The van der Waals surface area contributed by atoms with Crippen molar-refractivity contribution in [3.8, 4) is 22.6 Å². The number of benzene rings is 4. The summed E-state index contributed by atoms with van der Waals surface area (Å²) in [5.41, 5.74) is 7.27. The molecule has 0 fully saturated rings. The fraction of sp³-hybridized carbons (Fsp3) is 0.250. The quantitative estimate of drug-likeness (QED) is 0.138. The Bertz CT molecular complexity index is 1470. The number of esters is 1. The Labute approximate surface area is 228 Å². The van der Waals surface area contributed by atoms with Crippen LogP contribution in [0.1, 0.15) is 19.3 Å². The molecule has 7 nitrogen and oxygen atoms in total. The van der Waals surface area contributed by atoms with Crippen molar-refractivity contribution in [1.29, 1.82) is 0 Å². The molecule has 39 heavy (non-hydrogen) atoms. The third-order valence-corrected chi connectivity index (χ3v) is 6.51. The van der Waals surface area contributed by atoms with Crippen molar-refractivity contribution >= 4 is 33.4 Å². The molecule has 0 saturated carbocycles. The summed E-state index contributed by atoms with van der Waals surface area (Å²) in [6, 6.07) is 23.1. The molecule has 4 aromatic rings. The number of nitrogens with two attached hydrogens (primary N) is 1. The van der Waals surface area contributed by atoms with Gasteiger partial charge in [0, 0.05) is 11.1 Å². The smallest absolute Gasteiger partial charge is 0.328 e. The van der Waals surface area contributed by atoms with Crippen molar-refractivity contribution in [3.05, 3.63) is 85.5 Å². The summed E-state index contributed by atoms with van der Waals surface area (Å²) in [6.07, 6.45) is 3.59. The molecule has 0 aromatic heterocycles. The van der Waals surface area contributed by atoms with E-state index in [1.807, 2.05) is 72.8 Å². The fourth-order valence-electron chi connectivity index (χ4n) is 4.67. The molecule has 0 unspecified atom stereocenters. The van der Waals surface area contributed by atoms with Gasteiger partial charge in [0.2, 0.25) is 0 Å². The normalized spacial score (nSPS) is 11.6. The van der Waals surface area contributed by atoms with Crippen LogP contribution in [0, 0.1) is 0 Å². The van der Waals surface area contributed by atoms with E-state index in [0.717, 1.165) is 39.1 Å². The molecule has 3 N–H and O–H groups in total. The summed E-state index contributed by atoms with van der Waals surface area (Å²) in [4.78, 5) is 25.1. The molecule has 0 saturated heterocycles. The molecular formula is C32H34N2O5. The number of methoxy groups -OCH3 is 1. The van der Waals surface area contributed by atoms with Crippen molar-refractivity contribution in [2.24, 2.45) is 5.73 Å². The van der Waals surface area contributed by atoms with Gasteiger partial charge in [-0.2, -0.15) is 0 Å². The summed E-state index contributed by atoms with van der Waals surface area (Å²) < 4.78 is 17.1. The maximum Gasteiger partial charge on any atom is 0.328 e. The van der Waals surface area contributed by atoms with Gasteiger partial charge in [-0.1, -0.05) is 73.3 Å². The maximum absolute atomic E-state index is 12.9. The minimum absolute atomic E-state index is 0.274. The van der Waals surface area contributed by atoms with Crippen LogP contribution in [0.5, 0.6) is 11.5 Å². The third-order valence-electron chi connectivity index (χ3n) is 6.51. The highest BCUT2D eigenvalue weighted by molar-refractivity contribution is 6.09. The maximum atomic E-state index is 12.9. The molecule has 0 aliphatic carbocycles. The van der Waals surface area contributed by atoms with Gasteiger partial charge in [-0.15, -0.1) is 0 Å². The van der Waals surface area contributed by atoms with Crippen LogP contribution in [0.25, 0.3) is 32.7 Å². The number of carbonyl (C=O) groups is 2. The van der Waals surface area contributed by atoms with Crippen LogP contribution < -0.4 is 20.5 Å². The topological polar surface area (TPSA) is 99.9 Å². The van der Waals surface area contributed by atoms with Gasteiger partial charge >= 0.3 is 5.97 Å². The van der Waals surface area contributed by atoms with Gasteiger partial charge < -0.3 is 25.3 Å². The second-order valence-electron chi connectivity index (χ2n) is 9.14. The van der Waals surface area contributed by atoms with E-state index in [9.17, 15) is 9.59 Å². The number of unbranched alkanes of at least 4 members (excludes halogenated alkanes) is 1. The Hall–Kier alpha value is -4.36. The first kappa shape index (κ1) is 27.7. The van der Waals surface area contributed by atoms with Gasteiger partial charge in [0.25, 0.3) is 5.91 Å². The van der Waals surface area contributed by atoms with E-state index in [1.165, 1.54) is 7.11 Å². The highest BCUT2D eigenvalue weighted by Gasteiger charge is 2.23. The first-order valence-corrected chi connectivity index (χ1v) is 13.0. The molecule has 4 rings (SSSR count). The summed E-state index contributed by atoms with van der Waals surface area (Å²) in [5.74, 6) is 0.302. The average Bonchev–Trinajstić information content (AvgIpc) is 2.97. The van der Waals surface area contributed by atoms with E-state index < -0.39 is 17.9 Å². The summed E-state index contributed by atoms with van der Waals surface area (Å²) in [7, 11) is 1.30. The molecule has 0 spiro atoms. The lowest BCUT2D eigenvalue weighted by Gasteiger charge is -2.20. The summed E-state index contributed by atoms with van der Waals surface area (Å²) in [6.45, 7) is 4.37. The number of hydrogen-bond acceptors (Lipinski definition) is 6. The van der Waals surface area contributed by atoms with Gasteiger partial charge in [-0.25, -0.2) is 4.79 Å². The molecule has 1 amide bonds. The molecule has 7 heteroatoms. The standard InChI is InChI=1S/C32H34N2O5/c1-3-20-38-27-17-15-22-10-4-6-12-24(22)30(27)31-25-13-7-5-11-23(25)16-18-28(31)39-21-29(35)34-26(32(36)37-2)14-8-9-19-33/h3-7,10-13,15-18,26H,1,8-9,14,19-21,33H2,2H3,(H,34,35)/t26-/m1/s1. The van der Waals surface area contributed by atoms with Gasteiger partial charge in [-0.05, 0) is 59.5 Å². The van der Waals surface area contributed by atoms with E-state index in [4.69, 9.17) is 19.9 Å². The average molecular weight is 527 g/mol. The predicted octanol–water partition coefficient (Wildman–Crippen LogP) is 5.39. The van der Waals surface area contributed by atoms with Crippen LogP contribution in [0.3, 0.4) is 0 Å².